The van der Waals surface area contributed by atoms with Crippen LogP contribution in [0.25, 0.3) is 10.8 Å². The summed E-state index contributed by atoms with van der Waals surface area (Å²) in [5.41, 5.74) is 0.384. The predicted octanol–water partition coefficient (Wildman–Crippen LogP) is 1.35. The smallest absolute Gasteiger partial charge is 0.272 e. The third-order valence-corrected chi connectivity index (χ3v) is 4.75. The summed E-state index contributed by atoms with van der Waals surface area (Å²) in [4.78, 5) is 26.6. The Balaban J connectivity index is 1.55. The Morgan fingerprint density at radius 2 is 2.08 bits per heavy atom. The number of aromatic amines is 1. The zero-order valence-electron chi connectivity index (χ0n) is 13.8. The lowest BCUT2D eigenvalue weighted by Gasteiger charge is -2.24. The van der Waals surface area contributed by atoms with E-state index in [2.05, 4.69) is 15.3 Å². The number of amides is 1. The van der Waals surface area contributed by atoms with Crippen molar-refractivity contribution >= 4 is 16.7 Å². The molecule has 7 heteroatoms. The maximum absolute atomic E-state index is 12.8. The highest BCUT2D eigenvalue weighted by Crippen LogP contribution is 2.21. The van der Waals surface area contributed by atoms with Gasteiger partial charge in [0.25, 0.3) is 5.56 Å². The Bertz CT molecular complexity index is 948. The van der Waals surface area contributed by atoms with Crippen molar-refractivity contribution < 1.29 is 4.79 Å². The lowest BCUT2D eigenvalue weighted by molar-refractivity contribution is -0.131. The number of hydrogen-bond acceptors (Lipinski definition) is 4. The molecule has 1 atom stereocenters. The topological polar surface area (TPSA) is 83.9 Å². The molecule has 0 saturated carbocycles. The van der Waals surface area contributed by atoms with Gasteiger partial charge in [0.1, 0.15) is 0 Å². The lowest BCUT2D eigenvalue weighted by Crippen LogP contribution is -2.39. The Labute approximate surface area is 144 Å². The van der Waals surface area contributed by atoms with Crippen molar-refractivity contribution in [2.75, 3.05) is 6.54 Å². The molecule has 1 saturated heterocycles. The Morgan fingerprint density at radius 1 is 1.24 bits per heavy atom. The van der Waals surface area contributed by atoms with E-state index in [1.165, 1.54) is 0 Å². The lowest BCUT2D eigenvalue weighted by atomic mass is 10.1. The largest absolute Gasteiger partial charge is 0.338 e. The highest BCUT2D eigenvalue weighted by atomic mass is 16.2. The molecule has 3 heterocycles. The molecule has 2 aromatic heterocycles. The summed E-state index contributed by atoms with van der Waals surface area (Å²) in [5.74, 6) is 0.0411. The molecule has 0 radical (unpaired) electrons. The fourth-order valence-corrected chi connectivity index (χ4v) is 3.53. The molecule has 0 bridgehead atoms. The summed E-state index contributed by atoms with van der Waals surface area (Å²) in [5, 5.41) is 12.1. The van der Waals surface area contributed by atoms with Crippen LogP contribution in [0.15, 0.2) is 47.5 Å². The van der Waals surface area contributed by atoms with Crippen molar-refractivity contribution in [3.63, 3.8) is 0 Å². The zero-order chi connectivity index (χ0) is 17.2. The van der Waals surface area contributed by atoms with Gasteiger partial charge in [0.2, 0.25) is 5.91 Å². The highest BCUT2D eigenvalue weighted by molar-refractivity contribution is 5.88. The maximum atomic E-state index is 12.8. The molecule has 1 unspecified atom stereocenters. The minimum Gasteiger partial charge on any atom is -0.338 e. The van der Waals surface area contributed by atoms with Gasteiger partial charge in [-0.25, -0.2) is 5.10 Å². The van der Waals surface area contributed by atoms with E-state index in [4.69, 9.17) is 0 Å². The molecule has 1 aliphatic heterocycles. The molecule has 0 spiro atoms. The van der Waals surface area contributed by atoms with Gasteiger partial charge in [-0.2, -0.15) is 10.2 Å². The van der Waals surface area contributed by atoms with E-state index in [9.17, 15) is 9.59 Å². The molecule has 1 aliphatic rings. The van der Waals surface area contributed by atoms with Gasteiger partial charge in [-0.05, 0) is 25.0 Å². The summed E-state index contributed by atoms with van der Waals surface area (Å²) < 4.78 is 1.86. The van der Waals surface area contributed by atoms with Gasteiger partial charge in [-0.15, -0.1) is 0 Å². The first-order valence-corrected chi connectivity index (χ1v) is 8.45. The van der Waals surface area contributed by atoms with Crippen LogP contribution in [-0.4, -0.2) is 43.4 Å². The van der Waals surface area contributed by atoms with E-state index in [1.807, 2.05) is 40.0 Å². The number of nitrogens with one attached hydrogen (secondary N) is 1. The molecule has 128 valence electrons. The van der Waals surface area contributed by atoms with Crippen LogP contribution in [0.5, 0.6) is 0 Å². The van der Waals surface area contributed by atoms with E-state index in [1.54, 1.807) is 12.3 Å². The van der Waals surface area contributed by atoms with E-state index in [-0.39, 0.29) is 23.9 Å². The Morgan fingerprint density at radius 3 is 2.88 bits per heavy atom. The van der Waals surface area contributed by atoms with Crippen molar-refractivity contribution in [1.82, 2.24) is 24.9 Å². The maximum Gasteiger partial charge on any atom is 0.272 e. The van der Waals surface area contributed by atoms with Gasteiger partial charge in [0.15, 0.2) is 0 Å². The number of carbonyl (C=O) groups is 1. The number of likely N-dealkylation sites (tertiary alicyclic amines) is 1. The number of carbonyl (C=O) groups excluding carboxylic acids is 1. The van der Waals surface area contributed by atoms with Crippen LogP contribution in [0.3, 0.4) is 0 Å². The standard InChI is InChI=1S/C18H19N5O2/c24-17(23-10-3-5-13(23)12-22-9-4-8-19-22)11-16-14-6-1-2-7-15(14)18(25)21-20-16/h1-2,4,6-9,13H,3,5,10-12H2,(H,21,25). The van der Waals surface area contributed by atoms with Crippen molar-refractivity contribution in [3.05, 3.63) is 58.8 Å². The van der Waals surface area contributed by atoms with E-state index < -0.39 is 0 Å². The molecule has 1 N–H and O–H groups in total. The molecular formula is C18H19N5O2. The fourth-order valence-electron chi connectivity index (χ4n) is 3.53. The minimum absolute atomic E-state index is 0.0411. The average molecular weight is 337 g/mol. The predicted molar refractivity (Wildman–Crippen MR) is 93.0 cm³/mol. The number of nitrogens with zero attached hydrogens (tertiary/aromatic N) is 4. The van der Waals surface area contributed by atoms with E-state index >= 15 is 0 Å². The van der Waals surface area contributed by atoms with Gasteiger partial charge in [0, 0.05) is 24.3 Å². The van der Waals surface area contributed by atoms with Crippen LogP contribution >= 0.6 is 0 Å². The van der Waals surface area contributed by atoms with Crippen LogP contribution < -0.4 is 5.56 Å². The quantitative estimate of drug-likeness (QED) is 0.779. The molecule has 3 aromatic rings. The molecular weight excluding hydrogens is 318 g/mol. The number of fused-ring (bicyclic) bond motifs is 1. The summed E-state index contributed by atoms with van der Waals surface area (Å²) in [6, 6.07) is 9.29. The molecule has 1 aromatic carbocycles. The van der Waals surface area contributed by atoms with Crippen LogP contribution in [-0.2, 0) is 17.8 Å². The molecule has 25 heavy (non-hydrogen) atoms. The molecule has 7 nitrogen and oxygen atoms in total. The Hall–Kier alpha value is -2.96. The minimum atomic E-state index is -0.232. The monoisotopic (exact) mass is 337 g/mol. The van der Waals surface area contributed by atoms with E-state index in [0.29, 0.717) is 17.6 Å². The van der Waals surface area contributed by atoms with Gasteiger partial charge < -0.3 is 4.90 Å². The van der Waals surface area contributed by atoms with Crippen molar-refractivity contribution in [3.8, 4) is 0 Å². The average Bonchev–Trinajstić information content (AvgIpc) is 3.30. The third-order valence-electron chi connectivity index (χ3n) is 4.75. The summed E-state index contributed by atoms with van der Waals surface area (Å²) in [6.07, 6.45) is 5.82. The number of aromatic nitrogens is 4. The molecule has 1 amide bonds. The van der Waals surface area contributed by atoms with Crippen molar-refractivity contribution in [2.24, 2.45) is 0 Å². The Kier molecular flexibility index (Phi) is 4.05. The first kappa shape index (κ1) is 15.6. The normalized spacial score (nSPS) is 17.3. The SMILES string of the molecule is O=C(Cc1n[nH]c(=O)c2ccccc12)N1CCCC1Cn1cccn1. The zero-order valence-corrected chi connectivity index (χ0v) is 13.8. The summed E-state index contributed by atoms with van der Waals surface area (Å²) in [6.45, 7) is 1.46. The van der Waals surface area contributed by atoms with Crippen molar-refractivity contribution in [2.45, 2.75) is 31.8 Å². The summed E-state index contributed by atoms with van der Waals surface area (Å²) in [7, 11) is 0. The van der Waals surface area contributed by atoms with E-state index in [0.717, 1.165) is 24.8 Å². The number of rotatable bonds is 4. The first-order chi connectivity index (χ1) is 12.2. The first-order valence-electron chi connectivity index (χ1n) is 8.45. The van der Waals surface area contributed by atoms with Crippen molar-refractivity contribution in [1.29, 1.82) is 0 Å². The van der Waals surface area contributed by atoms with Gasteiger partial charge in [-0.1, -0.05) is 18.2 Å². The summed E-state index contributed by atoms with van der Waals surface area (Å²) >= 11 is 0. The second kappa shape index (κ2) is 6.51. The van der Waals surface area contributed by atoms with Gasteiger partial charge in [0.05, 0.1) is 30.1 Å². The van der Waals surface area contributed by atoms with Crippen LogP contribution in [0.1, 0.15) is 18.5 Å². The van der Waals surface area contributed by atoms with Gasteiger partial charge >= 0.3 is 0 Å². The third kappa shape index (κ3) is 3.05. The van der Waals surface area contributed by atoms with Crippen LogP contribution in [0.2, 0.25) is 0 Å². The van der Waals surface area contributed by atoms with Crippen LogP contribution in [0, 0.1) is 0 Å². The number of benzene rings is 1. The molecule has 0 aliphatic carbocycles. The van der Waals surface area contributed by atoms with Gasteiger partial charge in [-0.3, -0.25) is 14.3 Å². The number of H-pyrrole nitrogens is 1. The number of hydrogen-bond donors (Lipinski definition) is 1. The second-order valence-electron chi connectivity index (χ2n) is 6.33. The van der Waals surface area contributed by atoms with Crippen LogP contribution in [0.4, 0.5) is 0 Å². The molecule has 1 fully saturated rings. The molecule has 4 rings (SSSR count). The highest BCUT2D eigenvalue weighted by Gasteiger charge is 2.29. The second-order valence-corrected chi connectivity index (χ2v) is 6.33. The fraction of sp³-hybridized carbons (Fsp3) is 0.333.